The number of amides is 1. The molecule has 49 heavy (non-hydrogen) atoms. The van der Waals surface area contributed by atoms with Crippen molar-refractivity contribution in [3.05, 3.63) is 53.5 Å². The monoisotopic (exact) mass is 683 g/mol. The summed E-state index contributed by atoms with van der Waals surface area (Å²) in [5.41, 5.74) is 1.35. The summed E-state index contributed by atoms with van der Waals surface area (Å²) in [7, 11) is 3.59. The van der Waals surface area contributed by atoms with Crippen molar-refractivity contribution >= 4 is 34.7 Å². The number of aromatic amines is 1. The average molecular weight is 684 g/mol. The summed E-state index contributed by atoms with van der Waals surface area (Å²) in [6.45, 7) is 2.95. The van der Waals surface area contributed by atoms with Crippen molar-refractivity contribution in [1.82, 2.24) is 24.9 Å². The lowest BCUT2D eigenvalue weighted by Crippen LogP contribution is -2.40. The van der Waals surface area contributed by atoms with Gasteiger partial charge in [-0.25, -0.2) is 9.97 Å². The maximum atomic E-state index is 13.9. The number of carbonyl (C=O) groups is 2. The second-order valence-corrected chi connectivity index (χ2v) is 12.4. The Morgan fingerprint density at radius 3 is 2.53 bits per heavy atom. The number of halogens is 3. The number of rotatable bonds is 14. The Kier molecular flexibility index (Phi) is 11.0. The van der Waals surface area contributed by atoms with Gasteiger partial charge in [0.2, 0.25) is 11.8 Å². The maximum Gasteiger partial charge on any atom is 0.433 e. The number of ether oxygens (including phenoxy) is 2. The van der Waals surface area contributed by atoms with Gasteiger partial charge in [0.15, 0.2) is 5.65 Å². The number of carboxylic acid groups (broad SMARTS) is 1. The number of aryl methyl sites for hydroxylation is 1. The van der Waals surface area contributed by atoms with Crippen molar-refractivity contribution in [2.45, 2.75) is 64.5 Å². The molecule has 15 heteroatoms. The van der Waals surface area contributed by atoms with E-state index in [4.69, 9.17) is 14.6 Å². The summed E-state index contributed by atoms with van der Waals surface area (Å²) in [5.74, 6) is -1.52. The molecule has 12 nitrogen and oxygen atoms in total. The van der Waals surface area contributed by atoms with Gasteiger partial charge in [-0.2, -0.15) is 18.2 Å². The lowest BCUT2D eigenvalue weighted by molar-refractivity contribution is -0.141. The molecule has 262 valence electrons. The molecule has 4 heterocycles. The van der Waals surface area contributed by atoms with Crippen molar-refractivity contribution in [3.63, 3.8) is 0 Å². The number of carboxylic acids is 1. The van der Waals surface area contributed by atoms with Crippen molar-refractivity contribution in [1.29, 1.82) is 0 Å². The highest BCUT2D eigenvalue weighted by Gasteiger charge is 2.35. The van der Waals surface area contributed by atoms with Crippen molar-refractivity contribution < 1.29 is 37.3 Å². The zero-order valence-electron chi connectivity index (χ0n) is 27.7. The minimum atomic E-state index is -4.71. The summed E-state index contributed by atoms with van der Waals surface area (Å²) < 4.78 is 52.6. The van der Waals surface area contributed by atoms with Gasteiger partial charge in [-0.3, -0.25) is 19.9 Å². The fourth-order valence-corrected chi connectivity index (χ4v) is 6.37. The predicted octanol–water partition coefficient (Wildman–Crippen LogP) is 6.53. The Morgan fingerprint density at radius 2 is 1.88 bits per heavy atom. The van der Waals surface area contributed by atoms with E-state index in [1.165, 1.54) is 12.3 Å². The molecule has 0 aliphatic heterocycles. The van der Waals surface area contributed by atoms with Crippen LogP contribution in [0.25, 0.3) is 22.4 Å². The molecule has 4 aromatic heterocycles. The normalized spacial score (nSPS) is 14.5. The third-order valence-corrected chi connectivity index (χ3v) is 8.61. The Hall–Kier alpha value is -4.79. The van der Waals surface area contributed by atoms with Crippen LogP contribution in [0.1, 0.15) is 73.6 Å². The van der Waals surface area contributed by atoms with Gasteiger partial charge >= 0.3 is 12.1 Å². The quantitative estimate of drug-likeness (QED) is 0.134. The SMILES string of the molecule is CCOc1cc(-c2cc(N(C)CC3(COC)CCCCC3)c3[nH]c(NC(=O)c4ccc(CCCC(=O)O)cn4)nc3n2)cc(C(F)(F)F)n1. The van der Waals surface area contributed by atoms with Crippen LogP contribution in [0.5, 0.6) is 5.88 Å². The number of aromatic nitrogens is 5. The maximum absolute atomic E-state index is 13.9. The Bertz CT molecular complexity index is 1770. The van der Waals surface area contributed by atoms with E-state index in [0.717, 1.165) is 43.7 Å². The van der Waals surface area contributed by atoms with Crippen molar-refractivity contribution in [2.75, 3.05) is 44.1 Å². The van der Waals surface area contributed by atoms with E-state index in [0.29, 0.717) is 37.2 Å². The highest BCUT2D eigenvalue weighted by atomic mass is 19.4. The zero-order chi connectivity index (χ0) is 35.2. The second kappa shape index (κ2) is 15.2. The van der Waals surface area contributed by atoms with Crippen LogP contribution < -0.4 is 15.0 Å². The zero-order valence-corrected chi connectivity index (χ0v) is 27.7. The molecule has 5 rings (SSSR count). The van der Waals surface area contributed by atoms with Crippen LogP contribution in [-0.2, 0) is 22.1 Å². The van der Waals surface area contributed by atoms with Gasteiger partial charge in [0.25, 0.3) is 5.91 Å². The smallest absolute Gasteiger partial charge is 0.433 e. The first-order valence-corrected chi connectivity index (χ1v) is 16.2. The van der Waals surface area contributed by atoms with Crippen LogP contribution in [0.4, 0.5) is 24.8 Å². The van der Waals surface area contributed by atoms with Gasteiger partial charge in [0.1, 0.15) is 16.9 Å². The number of imidazole rings is 1. The van der Waals surface area contributed by atoms with Gasteiger partial charge in [-0.1, -0.05) is 25.3 Å². The van der Waals surface area contributed by atoms with E-state index in [9.17, 15) is 22.8 Å². The lowest BCUT2D eigenvalue weighted by atomic mass is 9.74. The van der Waals surface area contributed by atoms with Crippen molar-refractivity contribution in [2.24, 2.45) is 5.41 Å². The second-order valence-electron chi connectivity index (χ2n) is 12.4. The highest BCUT2D eigenvalue weighted by molar-refractivity contribution is 6.03. The summed E-state index contributed by atoms with van der Waals surface area (Å²) in [6.07, 6.45) is 3.04. The summed E-state index contributed by atoms with van der Waals surface area (Å²) >= 11 is 0. The van der Waals surface area contributed by atoms with Gasteiger partial charge < -0.3 is 24.5 Å². The third kappa shape index (κ3) is 8.82. The summed E-state index contributed by atoms with van der Waals surface area (Å²) in [4.78, 5) is 46.1. The number of alkyl halides is 3. The first-order valence-electron chi connectivity index (χ1n) is 16.2. The molecule has 0 radical (unpaired) electrons. The van der Waals surface area contributed by atoms with E-state index >= 15 is 0 Å². The summed E-state index contributed by atoms with van der Waals surface area (Å²) in [6, 6.07) is 7.30. The first-order chi connectivity index (χ1) is 23.4. The molecule has 1 fully saturated rings. The molecule has 0 bridgehead atoms. The average Bonchev–Trinajstić information content (AvgIpc) is 3.46. The molecule has 0 atom stereocenters. The molecule has 1 aliphatic rings. The number of anilines is 2. The van der Waals surface area contributed by atoms with Crippen LogP contribution in [0.2, 0.25) is 0 Å². The van der Waals surface area contributed by atoms with E-state index in [2.05, 4.69) is 30.2 Å². The van der Waals surface area contributed by atoms with Crippen molar-refractivity contribution in [3.8, 4) is 17.1 Å². The Labute approximate surface area is 281 Å². The number of H-pyrrole nitrogens is 1. The Balaban J connectivity index is 1.51. The highest BCUT2D eigenvalue weighted by Crippen LogP contribution is 2.40. The predicted molar refractivity (Wildman–Crippen MR) is 177 cm³/mol. The van der Waals surface area contributed by atoms with Crippen LogP contribution >= 0.6 is 0 Å². The standard InChI is InChI=1S/C34H40F3N7O5/c1-4-49-27-16-22(15-26(40-27)34(35,36)37)24-17-25(44(2)19-33(20-48-3)13-6-5-7-14-33)29-30(39-24)42-32(41-29)43-31(47)23-12-11-21(18-38-23)9-8-10-28(45)46/h11-12,15-18H,4-10,13-14,19-20H2,1-3H3,(H,45,46)(H2,39,41,42,43,47). The molecule has 0 spiro atoms. The molecule has 0 saturated heterocycles. The Morgan fingerprint density at radius 1 is 1.10 bits per heavy atom. The number of nitrogens with one attached hydrogen (secondary N) is 2. The van der Waals surface area contributed by atoms with Gasteiger partial charge in [-0.15, -0.1) is 0 Å². The van der Waals surface area contributed by atoms with E-state index in [-0.39, 0.29) is 52.9 Å². The number of nitrogens with zero attached hydrogens (tertiary/aromatic N) is 5. The van der Waals surface area contributed by atoms with Gasteiger partial charge in [-0.05, 0) is 56.4 Å². The van der Waals surface area contributed by atoms with E-state index < -0.39 is 23.7 Å². The number of hydrogen-bond acceptors (Lipinski definition) is 9. The molecule has 4 aromatic rings. The minimum Gasteiger partial charge on any atom is -0.481 e. The van der Waals surface area contributed by atoms with Crippen LogP contribution in [0, 0.1) is 5.41 Å². The third-order valence-electron chi connectivity index (χ3n) is 8.61. The van der Waals surface area contributed by atoms with E-state index in [1.807, 2.05) is 11.9 Å². The number of hydrogen-bond donors (Lipinski definition) is 3. The molecule has 1 aliphatic carbocycles. The fraction of sp³-hybridized carbons (Fsp3) is 0.471. The van der Waals surface area contributed by atoms with Crippen LogP contribution in [0.15, 0.2) is 36.5 Å². The number of pyridine rings is 3. The van der Waals surface area contributed by atoms with Crippen LogP contribution in [0.3, 0.4) is 0 Å². The number of methoxy groups -OCH3 is 1. The molecule has 0 aromatic carbocycles. The topological polar surface area (TPSA) is 155 Å². The van der Waals surface area contributed by atoms with E-state index in [1.54, 1.807) is 32.2 Å². The van der Waals surface area contributed by atoms with Crippen LogP contribution in [-0.4, -0.2) is 75.8 Å². The largest absolute Gasteiger partial charge is 0.481 e. The number of fused-ring (bicyclic) bond motifs is 1. The number of carbonyl (C=O) groups excluding carboxylic acids is 1. The first kappa shape index (κ1) is 35.5. The molecular formula is C34H40F3N7O5. The minimum absolute atomic E-state index is 0.0346. The van der Waals surface area contributed by atoms with Gasteiger partial charge in [0.05, 0.1) is 24.6 Å². The summed E-state index contributed by atoms with van der Waals surface area (Å²) in [5, 5.41) is 11.6. The molecule has 1 amide bonds. The fourth-order valence-electron chi connectivity index (χ4n) is 6.37. The van der Waals surface area contributed by atoms with Gasteiger partial charge in [0, 0.05) is 50.4 Å². The molecule has 0 unspecified atom stereocenters. The lowest BCUT2D eigenvalue weighted by Gasteiger charge is -2.40. The number of aliphatic carboxylic acids is 1. The molecular weight excluding hydrogens is 643 g/mol. The molecule has 3 N–H and O–H groups in total. The molecule has 1 saturated carbocycles.